The molecule has 1 amide bonds. The Balaban J connectivity index is 1.55. The lowest BCUT2D eigenvalue weighted by Crippen LogP contribution is -2.19. The molecule has 1 saturated carbocycles. The average Bonchev–Trinajstić information content (AvgIpc) is 3.32. The van der Waals surface area contributed by atoms with Crippen LogP contribution < -0.4 is 11.1 Å². The Labute approximate surface area is 143 Å². The van der Waals surface area contributed by atoms with Gasteiger partial charge in [0.2, 0.25) is 5.91 Å². The van der Waals surface area contributed by atoms with E-state index in [-0.39, 0.29) is 24.3 Å². The van der Waals surface area contributed by atoms with Crippen molar-refractivity contribution in [2.75, 3.05) is 11.1 Å². The molecule has 2 aromatic heterocycles. The molecule has 0 unspecified atom stereocenters. The van der Waals surface area contributed by atoms with Gasteiger partial charge in [0, 0.05) is 17.0 Å². The molecule has 0 aliphatic heterocycles. The zero-order valence-electron chi connectivity index (χ0n) is 13.8. The maximum absolute atomic E-state index is 12.7. The van der Waals surface area contributed by atoms with Gasteiger partial charge in [-0.25, -0.2) is 4.68 Å². The molecule has 0 radical (unpaired) electrons. The van der Waals surface area contributed by atoms with Crippen LogP contribution in [-0.4, -0.2) is 31.4 Å². The monoisotopic (exact) mass is 338 g/mol. The molecule has 8 nitrogen and oxygen atoms in total. The van der Waals surface area contributed by atoms with Gasteiger partial charge in [-0.05, 0) is 25.8 Å². The van der Waals surface area contributed by atoms with Gasteiger partial charge < -0.3 is 11.1 Å². The highest BCUT2D eigenvalue weighted by atomic mass is 16.2. The first-order chi connectivity index (χ1) is 12.0. The molecule has 2 heterocycles. The first-order valence-electron chi connectivity index (χ1n) is 8.14. The molecule has 3 aromatic rings. The van der Waals surface area contributed by atoms with Crippen molar-refractivity contribution in [2.45, 2.75) is 26.3 Å². The van der Waals surface area contributed by atoms with E-state index < -0.39 is 0 Å². The van der Waals surface area contributed by atoms with Crippen molar-refractivity contribution in [1.29, 1.82) is 0 Å². The highest BCUT2D eigenvalue weighted by molar-refractivity contribution is 6.01. The molecule has 1 aromatic carbocycles. The molecule has 4 rings (SSSR count). The third-order valence-corrected chi connectivity index (χ3v) is 4.45. The van der Waals surface area contributed by atoms with Gasteiger partial charge >= 0.3 is 0 Å². The van der Waals surface area contributed by atoms with E-state index >= 15 is 0 Å². The molecule has 1 fully saturated rings. The lowest BCUT2D eigenvalue weighted by Gasteiger charge is -2.06. The van der Waals surface area contributed by atoms with Gasteiger partial charge in [0.1, 0.15) is 6.54 Å². The lowest BCUT2D eigenvalue weighted by atomic mass is 10.2. The van der Waals surface area contributed by atoms with E-state index in [4.69, 9.17) is 5.73 Å². The van der Waals surface area contributed by atoms with Crippen LogP contribution in [-0.2, 0) is 11.3 Å². The van der Waals surface area contributed by atoms with Crippen LogP contribution in [0.25, 0.3) is 10.9 Å². The third kappa shape index (κ3) is 2.75. The van der Waals surface area contributed by atoms with Crippen LogP contribution in [0.1, 0.15) is 23.3 Å². The maximum atomic E-state index is 12.7. The molecule has 8 heteroatoms. The quantitative estimate of drug-likeness (QED) is 0.754. The highest BCUT2D eigenvalue weighted by Crippen LogP contribution is 2.30. The predicted molar refractivity (Wildman–Crippen MR) is 93.1 cm³/mol. The molecule has 128 valence electrons. The van der Waals surface area contributed by atoms with Crippen LogP contribution in [0.2, 0.25) is 0 Å². The van der Waals surface area contributed by atoms with Crippen molar-refractivity contribution < 1.29 is 9.59 Å². The number of nitrogens with one attached hydrogen (secondary N) is 1. The number of carbonyl (C=O) groups is 2. The number of nitrogens with two attached hydrogens (primary N) is 1. The summed E-state index contributed by atoms with van der Waals surface area (Å²) in [6.07, 6.45) is 3.39. The van der Waals surface area contributed by atoms with Gasteiger partial charge in [-0.1, -0.05) is 23.4 Å². The predicted octanol–water partition coefficient (Wildman–Crippen LogP) is 1.81. The molecular formula is C17H18N6O2. The molecule has 1 aliphatic carbocycles. The Morgan fingerprint density at radius 2 is 2.08 bits per heavy atom. The summed E-state index contributed by atoms with van der Waals surface area (Å²) in [5.74, 6) is 0.232. The van der Waals surface area contributed by atoms with Crippen LogP contribution in [0, 0.1) is 12.8 Å². The molecule has 0 spiro atoms. The molecule has 0 bridgehead atoms. The van der Waals surface area contributed by atoms with E-state index in [9.17, 15) is 9.59 Å². The van der Waals surface area contributed by atoms with Crippen LogP contribution in [0.4, 0.5) is 11.5 Å². The van der Waals surface area contributed by atoms with Crippen LogP contribution in [0.3, 0.4) is 0 Å². The fraction of sp³-hybridized carbons (Fsp3) is 0.294. The number of anilines is 2. The topological polar surface area (TPSA) is 108 Å². The van der Waals surface area contributed by atoms with E-state index in [0.29, 0.717) is 17.2 Å². The molecule has 3 N–H and O–H groups in total. The third-order valence-electron chi connectivity index (χ3n) is 4.45. The number of carbonyl (C=O) groups excluding carboxylic acids is 2. The number of benzene rings is 1. The number of fused-ring (bicyclic) bond motifs is 1. The summed E-state index contributed by atoms with van der Waals surface area (Å²) >= 11 is 0. The largest absolute Gasteiger partial charge is 0.397 e. The van der Waals surface area contributed by atoms with Gasteiger partial charge in [0.25, 0.3) is 5.91 Å². The summed E-state index contributed by atoms with van der Waals surface area (Å²) in [7, 11) is 0. The summed E-state index contributed by atoms with van der Waals surface area (Å²) in [5, 5.41) is 11.4. The van der Waals surface area contributed by atoms with Crippen molar-refractivity contribution in [3.63, 3.8) is 0 Å². The molecule has 25 heavy (non-hydrogen) atoms. The van der Waals surface area contributed by atoms with Crippen molar-refractivity contribution in [1.82, 2.24) is 19.6 Å². The standard InChI is InChI=1S/C17H18N6O2/c1-10-16(18)12-4-2-3-5-13(12)23(10)15(24)9-22-8-14(20-21-22)19-17(25)11-6-7-11/h2-5,8,11H,6-7,9,18H2,1H3,(H,19,25). The Kier molecular flexibility index (Phi) is 3.52. The minimum absolute atomic E-state index is 0.00521. The molecular weight excluding hydrogens is 320 g/mol. The van der Waals surface area contributed by atoms with Crippen molar-refractivity contribution in [3.05, 3.63) is 36.2 Å². The zero-order chi connectivity index (χ0) is 17.6. The number of nitrogens with zero attached hydrogens (tertiary/aromatic N) is 4. The number of nitrogen functional groups attached to an aromatic ring is 1. The van der Waals surface area contributed by atoms with Crippen molar-refractivity contribution in [2.24, 2.45) is 5.92 Å². The number of amides is 1. The smallest absolute Gasteiger partial charge is 0.253 e. The van der Waals surface area contributed by atoms with E-state index in [1.54, 1.807) is 10.8 Å². The van der Waals surface area contributed by atoms with E-state index in [1.807, 2.05) is 31.2 Å². The molecule has 0 saturated heterocycles. The highest BCUT2D eigenvalue weighted by Gasteiger charge is 2.30. The first kappa shape index (κ1) is 15.4. The Hall–Kier alpha value is -3.16. The number of para-hydroxylation sites is 1. The summed E-state index contributed by atoms with van der Waals surface area (Å²) in [4.78, 5) is 24.5. The fourth-order valence-corrected chi connectivity index (χ4v) is 2.93. The number of hydrogen-bond donors (Lipinski definition) is 2. The summed E-state index contributed by atoms with van der Waals surface area (Å²) < 4.78 is 3.00. The first-order valence-corrected chi connectivity index (χ1v) is 8.14. The van der Waals surface area contributed by atoms with Gasteiger partial charge in [0.15, 0.2) is 5.82 Å². The van der Waals surface area contributed by atoms with Gasteiger partial charge in [0.05, 0.1) is 17.4 Å². The summed E-state index contributed by atoms with van der Waals surface area (Å²) in [5.41, 5.74) is 8.18. The molecule has 0 atom stereocenters. The van der Waals surface area contributed by atoms with Crippen LogP contribution >= 0.6 is 0 Å². The second-order valence-electron chi connectivity index (χ2n) is 6.31. The Morgan fingerprint density at radius 3 is 2.84 bits per heavy atom. The van der Waals surface area contributed by atoms with E-state index in [2.05, 4.69) is 15.6 Å². The average molecular weight is 338 g/mol. The normalized spacial score (nSPS) is 14.0. The second-order valence-corrected chi connectivity index (χ2v) is 6.31. The Bertz CT molecular complexity index is 982. The Morgan fingerprint density at radius 1 is 1.32 bits per heavy atom. The minimum atomic E-state index is -0.171. The number of rotatable bonds is 4. The van der Waals surface area contributed by atoms with Gasteiger partial charge in [-0.3, -0.25) is 14.2 Å². The van der Waals surface area contributed by atoms with Crippen LogP contribution in [0.15, 0.2) is 30.5 Å². The van der Waals surface area contributed by atoms with Gasteiger partial charge in [-0.2, -0.15) is 0 Å². The van der Waals surface area contributed by atoms with E-state index in [1.165, 1.54) is 4.68 Å². The SMILES string of the molecule is Cc1c(N)c2ccccc2n1C(=O)Cn1cc(NC(=O)C2CC2)nn1. The maximum Gasteiger partial charge on any atom is 0.253 e. The van der Waals surface area contributed by atoms with Gasteiger partial charge in [-0.15, -0.1) is 5.10 Å². The van der Waals surface area contributed by atoms with Crippen molar-refractivity contribution >= 4 is 34.2 Å². The lowest BCUT2D eigenvalue weighted by molar-refractivity contribution is -0.117. The van der Waals surface area contributed by atoms with E-state index in [0.717, 1.165) is 23.7 Å². The summed E-state index contributed by atoms with van der Waals surface area (Å²) in [6.45, 7) is 1.82. The van der Waals surface area contributed by atoms with Crippen molar-refractivity contribution in [3.8, 4) is 0 Å². The summed E-state index contributed by atoms with van der Waals surface area (Å²) in [6, 6.07) is 7.51. The number of aromatic nitrogens is 4. The minimum Gasteiger partial charge on any atom is -0.397 e. The second kappa shape index (κ2) is 5.73. The number of hydrogen-bond acceptors (Lipinski definition) is 5. The van der Waals surface area contributed by atoms with Crippen LogP contribution in [0.5, 0.6) is 0 Å². The molecule has 1 aliphatic rings. The fourth-order valence-electron chi connectivity index (χ4n) is 2.93. The zero-order valence-corrected chi connectivity index (χ0v) is 13.8.